The van der Waals surface area contributed by atoms with Crippen molar-refractivity contribution in [2.45, 2.75) is 44.1 Å². The molecule has 0 bridgehead atoms. The van der Waals surface area contributed by atoms with Crippen LogP contribution in [0.15, 0.2) is 42.5 Å². The van der Waals surface area contributed by atoms with Gasteiger partial charge in [-0.1, -0.05) is 59.9 Å². The smallest absolute Gasteiger partial charge is 0.226 e. The van der Waals surface area contributed by atoms with Crippen LogP contribution < -0.4 is 5.32 Å². The van der Waals surface area contributed by atoms with Gasteiger partial charge in [0.1, 0.15) is 0 Å². The van der Waals surface area contributed by atoms with E-state index >= 15 is 0 Å². The van der Waals surface area contributed by atoms with E-state index in [0.29, 0.717) is 21.7 Å². The molecule has 0 radical (unpaired) electrons. The molecule has 1 N–H and O–H groups in total. The summed E-state index contributed by atoms with van der Waals surface area (Å²) in [5.41, 5.74) is 1.86. The van der Waals surface area contributed by atoms with Gasteiger partial charge in [0, 0.05) is 28.1 Å². The molecule has 1 aliphatic heterocycles. The maximum atomic E-state index is 13.2. The first-order chi connectivity index (χ1) is 14.4. The van der Waals surface area contributed by atoms with Crippen LogP contribution in [-0.4, -0.2) is 25.7 Å². The number of amides is 1. The third-order valence-electron chi connectivity index (χ3n) is 7.16. The van der Waals surface area contributed by atoms with Gasteiger partial charge in [0.25, 0.3) is 0 Å². The van der Waals surface area contributed by atoms with Gasteiger partial charge in [-0.05, 0) is 66.5 Å². The van der Waals surface area contributed by atoms with Crippen LogP contribution in [0.4, 0.5) is 0 Å². The Morgan fingerprint density at radius 1 is 1.10 bits per heavy atom. The molecular weight excluding hydrogens is 441 g/mol. The monoisotopic (exact) mass is 465 g/mol. The Labute approximate surface area is 193 Å². The van der Waals surface area contributed by atoms with E-state index in [4.69, 9.17) is 39.5 Å². The highest BCUT2D eigenvalue weighted by atomic mass is 35.5. The lowest BCUT2D eigenvalue weighted by molar-refractivity contribution is -0.131. The summed E-state index contributed by atoms with van der Waals surface area (Å²) in [7, 11) is 1.69. The molecule has 6 heteroatoms. The number of carbonyl (C=O) groups is 1. The molecule has 0 spiro atoms. The zero-order valence-electron chi connectivity index (χ0n) is 17.1. The minimum absolute atomic E-state index is 0.0444. The predicted octanol–water partition coefficient (Wildman–Crippen LogP) is 6.47. The molecule has 30 heavy (non-hydrogen) atoms. The van der Waals surface area contributed by atoms with Crippen LogP contribution in [0.2, 0.25) is 15.1 Å². The van der Waals surface area contributed by atoms with Crippen molar-refractivity contribution < 1.29 is 9.53 Å². The van der Waals surface area contributed by atoms with Gasteiger partial charge < -0.3 is 10.1 Å². The number of hydrogen-bond acceptors (Lipinski definition) is 2. The summed E-state index contributed by atoms with van der Waals surface area (Å²) in [6.07, 6.45) is 2.51. The second-order valence-corrected chi connectivity index (χ2v) is 9.74. The van der Waals surface area contributed by atoms with Crippen LogP contribution in [-0.2, 0) is 9.53 Å². The van der Waals surface area contributed by atoms with Gasteiger partial charge in [-0.2, -0.15) is 0 Å². The standard InChI is InChI=1S/C24H26Cl3NO2/c1-3-24-11-10-18(17-9-8-16(26)12-19(17)27)21(14-4-6-15(25)7-5-14)22(24)20(13-30-2)28-23(24)29/h4-9,12,18,20-22H,3,10-11,13H2,1-2H3,(H,28,29)/t18-,20+,21-,22-,24+/m0/s1. The molecule has 2 aliphatic rings. The van der Waals surface area contributed by atoms with E-state index in [-0.39, 0.29) is 29.7 Å². The van der Waals surface area contributed by atoms with Crippen molar-refractivity contribution in [3.8, 4) is 0 Å². The number of hydrogen-bond donors (Lipinski definition) is 1. The van der Waals surface area contributed by atoms with Gasteiger partial charge in [0.05, 0.1) is 18.1 Å². The van der Waals surface area contributed by atoms with E-state index in [1.54, 1.807) is 7.11 Å². The van der Waals surface area contributed by atoms with Gasteiger partial charge in [0.15, 0.2) is 0 Å². The van der Waals surface area contributed by atoms with E-state index in [2.05, 4.69) is 24.4 Å². The molecule has 2 fully saturated rings. The van der Waals surface area contributed by atoms with E-state index in [9.17, 15) is 4.79 Å². The van der Waals surface area contributed by atoms with Gasteiger partial charge in [0.2, 0.25) is 5.91 Å². The van der Waals surface area contributed by atoms with Crippen LogP contribution in [0.1, 0.15) is 49.1 Å². The SMILES string of the molecule is CC[C@@]12CC[C@@H](c3ccc(Cl)cc3Cl)[C@H](c3ccc(Cl)cc3)[C@@H]1[C@@H](COC)NC2=O. The average Bonchev–Trinajstić information content (AvgIpc) is 3.01. The predicted molar refractivity (Wildman–Crippen MR) is 123 cm³/mol. The van der Waals surface area contributed by atoms with Crippen LogP contribution in [0.5, 0.6) is 0 Å². The molecule has 1 saturated heterocycles. The minimum Gasteiger partial charge on any atom is -0.383 e. The zero-order valence-corrected chi connectivity index (χ0v) is 19.4. The van der Waals surface area contributed by atoms with Crippen LogP contribution in [0.3, 0.4) is 0 Å². The summed E-state index contributed by atoms with van der Waals surface area (Å²) in [4.78, 5) is 13.2. The van der Waals surface area contributed by atoms with Crippen LogP contribution >= 0.6 is 34.8 Å². The molecule has 1 heterocycles. The van der Waals surface area contributed by atoms with Gasteiger partial charge in [-0.15, -0.1) is 0 Å². The molecule has 5 atom stereocenters. The Morgan fingerprint density at radius 3 is 2.43 bits per heavy atom. The number of carbonyl (C=O) groups excluding carboxylic acids is 1. The number of methoxy groups -OCH3 is 1. The minimum atomic E-state index is -0.400. The molecular formula is C24H26Cl3NO2. The summed E-state index contributed by atoms with van der Waals surface area (Å²) in [5.74, 6) is 0.528. The fourth-order valence-electron chi connectivity index (χ4n) is 5.83. The molecule has 1 aliphatic carbocycles. The number of halogens is 3. The Balaban J connectivity index is 1.87. The zero-order chi connectivity index (χ0) is 21.5. The second-order valence-electron chi connectivity index (χ2n) is 8.46. The van der Waals surface area contributed by atoms with Crippen molar-refractivity contribution in [2.24, 2.45) is 11.3 Å². The summed E-state index contributed by atoms with van der Waals surface area (Å²) >= 11 is 19.0. The number of ether oxygens (including phenoxy) is 1. The molecule has 1 amide bonds. The number of fused-ring (bicyclic) bond motifs is 1. The number of benzene rings is 2. The maximum absolute atomic E-state index is 13.2. The van der Waals surface area contributed by atoms with Crippen molar-refractivity contribution in [1.82, 2.24) is 5.32 Å². The van der Waals surface area contributed by atoms with Gasteiger partial charge in [-0.25, -0.2) is 0 Å². The topological polar surface area (TPSA) is 38.3 Å². The van der Waals surface area contributed by atoms with E-state index < -0.39 is 5.41 Å². The van der Waals surface area contributed by atoms with Crippen molar-refractivity contribution in [3.05, 3.63) is 68.7 Å². The highest BCUT2D eigenvalue weighted by molar-refractivity contribution is 6.35. The fourth-order valence-corrected chi connectivity index (χ4v) is 6.50. The molecule has 2 aromatic rings. The lowest BCUT2D eigenvalue weighted by Crippen LogP contribution is -2.45. The quantitative estimate of drug-likeness (QED) is 0.549. The van der Waals surface area contributed by atoms with Crippen molar-refractivity contribution >= 4 is 40.7 Å². The molecule has 4 rings (SSSR count). The maximum Gasteiger partial charge on any atom is 0.226 e. The number of nitrogens with one attached hydrogen (secondary N) is 1. The van der Waals surface area contributed by atoms with Gasteiger partial charge >= 0.3 is 0 Å². The fraction of sp³-hybridized carbons (Fsp3) is 0.458. The summed E-state index contributed by atoms with van der Waals surface area (Å²) in [6.45, 7) is 2.61. The highest BCUT2D eigenvalue weighted by Gasteiger charge is 2.60. The molecule has 0 aromatic heterocycles. The number of rotatable bonds is 5. The van der Waals surface area contributed by atoms with Crippen LogP contribution in [0.25, 0.3) is 0 Å². The highest BCUT2D eigenvalue weighted by Crippen LogP contribution is 2.60. The summed E-state index contributed by atoms with van der Waals surface area (Å²) in [6, 6.07) is 13.7. The largest absolute Gasteiger partial charge is 0.383 e. The van der Waals surface area contributed by atoms with Crippen molar-refractivity contribution in [2.75, 3.05) is 13.7 Å². The summed E-state index contributed by atoms with van der Waals surface area (Å²) < 4.78 is 5.52. The second kappa shape index (κ2) is 8.70. The molecule has 3 nitrogen and oxygen atoms in total. The average molecular weight is 467 g/mol. The lowest BCUT2D eigenvalue weighted by atomic mass is 9.54. The molecule has 0 unspecified atom stereocenters. The first-order valence-electron chi connectivity index (χ1n) is 10.4. The van der Waals surface area contributed by atoms with E-state index in [0.717, 1.165) is 24.8 Å². The normalized spacial score (nSPS) is 30.8. The molecule has 2 aromatic carbocycles. The van der Waals surface area contributed by atoms with Gasteiger partial charge in [-0.3, -0.25) is 4.79 Å². The van der Waals surface area contributed by atoms with Crippen molar-refractivity contribution in [1.29, 1.82) is 0 Å². The Kier molecular flexibility index (Phi) is 6.37. The van der Waals surface area contributed by atoms with E-state index in [1.165, 1.54) is 5.56 Å². The Morgan fingerprint density at radius 2 is 1.80 bits per heavy atom. The lowest BCUT2D eigenvalue weighted by Gasteiger charge is -2.48. The Bertz CT molecular complexity index is 933. The molecule has 160 valence electrons. The first kappa shape index (κ1) is 22.0. The third kappa shape index (κ3) is 3.64. The van der Waals surface area contributed by atoms with E-state index in [1.807, 2.05) is 30.3 Å². The summed E-state index contributed by atoms with van der Waals surface area (Å²) in [5, 5.41) is 5.25. The third-order valence-corrected chi connectivity index (χ3v) is 7.97. The Hall–Kier alpha value is -1.26. The molecule has 1 saturated carbocycles. The first-order valence-corrected chi connectivity index (χ1v) is 11.5. The van der Waals surface area contributed by atoms with Crippen molar-refractivity contribution in [3.63, 3.8) is 0 Å². The van der Waals surface area contributed by atoms with Crippen LogP contribution in [0, 0.1) is 11.3 Å².